The van der Waals surface area contributed by atoms with Gasteiger partial charge in [-0.2, -0.15) is 15.1 Å². The number of aryl methyl sites for hydroxylation is 1. The molecule has 5 rings (SSSR count). The van der Waals surface area contributed by atoms with Crippen LogP contribution in [0.15, 0.2) is 55.1 Å². The summed E-state index contributed by atoms with van der Waals surface area (Å²) in [7, 11) is 0. The Morgan fingerprint density at radius 3 is 2.53 bits per heavy atom. The first-order valence-corrected chi connectivity index (χ1v) is 9.06. The number of nitrogens with two attached hydrogens (primary N) is 2. The molecule has 0 aliphatic carbocycles. The van der Waals surface area contributed by atoms with Crippen LogP contribution in [0.1, 0.15) is 5.82 Å². The molecule has 0 fully saturated rings. The second-order valence-electron chi connectivity index (χ2n) is 6.51. The van der Waals surface area contributed by atoms with Gasteiger partial charge in [0.1, 0.15) is 17.2 Å². The van der Waals surface area contributed by atoms with Crippen molar-refractivity contribution in [2.45, 2.75) is 6.92 Å². The number of nitrogens with one attached hydrogen (secondary N) is 1. The third-order valence-corrected chi connectivity index (χ3v) is 4.45. The number of aromatic amines is 1. The van der Waals surface area contributed by atoms with Gasteiger partial charge in [0.15, 0.2) is 17.5 Å². The van der Waals surface area contributed by atoms with E-state index in [9.17, 15) is 0 Å². The molecule has 11 heteroatoms. The number of imidazole rings is 1. The summed E-state index contributed by atoms with van der Waals surface area (Å²) < 4.78 is 1.83. The second-order valence-corrected chi connectivity index (χ2v) is 6.51. The number of pyridine rings is 2. The number of fused-ring (bicyclic) bond motifs is 1. The first-order chi connectivity index (χ1) is 14.6. The van der Waals surface area contributed by atoms with Crippen LogP contribution in [0.2, 0.25) is 0 Å². The Morgan fingerprint density at radius 1 is 0.967 bits per heavy atom. The minimum atomic E-state index is 0.123. The van der Waals surface area contributed by atoms with E-state index in [4.69, 9.17) is 16.5 Å². The normalized spacial score (nSPS) is 11.1. The van der Waals surface area contributed by atoms with E-state index in [-0.39, 0.29) is 5.95 Å². The number of hydrogen-bond acceptors (Lipinski definition) is 9. The zero-order chi connectivity index (χ0) is 20.7. The van der Waals surface area contributed by atoms with Gasteiger partial charge in [0, 0.05) is 36.5 Å². The lowest BCUT2D eigenvalue weighted by atomic mass is 10.3. The summed E-state index contributed by atoms with van der Waals surface area (Å²) in [4.78, 5) is 23.8. The molecule has 0 spiro atoms. The van der Waals surface area contributed by atoms with Crippen molar-refractivity contribution in [3.63, 3.8) is 0 Å². The van der Waals surface area contributed by atoms with Gasteiger partial charge in [0.25, 0.3) is 0 Å². The minimum absolute atomic E-state index is 0.123. The van der Waals surface area contributed by atoms with E-state index in [2.05, 4.69) is 30.1 Å². The fourth-order valence-corrected chi connectivity index (χ4v) is 3.25. The highest BCUT2D eigenvalue weighted by Gasteiger charge is 2.26. The molecule has 0 bridgehead atoms. The number of rotatable bonds is 4. The SMILES string of the molecule is Cc1nc(N)nc(-c2c(N(c3ccncc3)c3cc[nH]n3)nc3ccc(N)cn23)n1. The van der Waals surface area contributed by atoms with Crippen LogP contribution >= 0.6 is 0 Å². The van der Waals surface area contributed by atoms with Gasteiger partial charge in [0.2, 0.25) is 5.95 Å². The number of hydrogen-bond donors (Lipinski definition) is 3. The summed E-state index contributed by atoms with van der Waals surface area (Å²) in [6.45, 7) is 1.76. The maximum Gasteiger partial charge on any atom is 0.223 e. The molecule has 0 aromatic carbocycles. The van der Waals surface area contributed by atoms with Crippen LogP contribution in [-0.2, 0) is 0 Å². The number of anilines is 5. The number of aromatic nitrogens is 8. The molecular weight excluding hydrogens is 382 g/mol. The van der Waals surface area contributed by atoms with Gasteiger partial charge < -0.3 is 11.5 Å². The van der Waals surface area contributed by atoms with Crippen LogP contribution < -0.4 is 16.4 Å². The molecule has 0 saturated carbocycles. The van der Waals surface area contributed by atoms with E-state index in [1.807, 2.05) is 33.6 Å². The quantitative estimate of drug-likeness (QED) is 0.413. The highest BCUT2D eigenvalue weighted by atomic mass is 15.3. The van der Waals surface area contributed by atoms with Crippen LogP contribution in [0.5, 0.6) is 0 Å². The van der Waals surface area contributed by atoms with Crippen LogP contribution in [-0.4, -0.2) is 39.5 Å². The van der Waals surface area contributed by atoms with E-state index >= 15 is 0 Å². The van der Waals surface area contributed by atoms with Gasteiger partial charge in [-0.05, 0) is 31.2 Å². The Balaban J connectivity index is 1.86. The van der Waals surface area contributed by atoms with E-state index in [0.717, 1.165) is 5.69 Å². The van der Waals surface area contributed by atoms with E-state index in [0.29, 0.717) is 40.3 Å². The molecule has 30 heavy (non-hydrogen) atoms. The monoisotopic (exact) mass is 399 g/mol. The van der Waals surface area contributed by atoms with Crippen molar-refractivity contribution >= 4 is 34.6 Å². The molecule has 0 aliphatic heterocycles. The summed E-state index contributed by atoms with van der Waals surface area (Å²) in [5, 5.41) is 7.20. The molecular formula is C19H17N11. The summed E-state index contributed by atoms with van der Waals surface area (Å²) in [6.07, 6.45) is 6.91. The zero-order valence-corrected chi connectivity index (χ0v) is 15.9. The number of nitrogens with zero attached hydrogens (tertiary/aromatic N) is 8. The highest BCUT2D eigenvalue weighted by molar-refractivity contribution is 5.83. The fourth-order valence-electron chi connectivity index (χ4n) is 3.25. The Bertz CT molecular complexity index is 1310. The fraction of sp³-hybridized carbons (Fsp3) is 0.0526. The molecule has 0 amide bonds. The molecule has 0 unspecified atom stereocenters. The molecule has 148 valence electrons. The van der Waals surface area contributed by atoms with Crippen molar-refractivity contribution in [3.05, 3.63) is 60.9 Å². The standard InChI is InChI=1S/C19H17N11/c1-11-24-17(27-19(21)25-11)16-18(26-14-3-2-12(20)10-29(14)16)30(15-6-9-23-28-15)13-4-7-22-8-5-13/h2-10H,20H2,1H3,(H,23,28)(H2,21,24,25,27). The number of H-pyrrole nitrogens is 1. The van der Waals surface area contributed by atoms with Crippen molar-refractivity contribution in [3.8, 4) is 11.5 Å². The molecule has 0 saturated heterocycles. The Labute approximate surface area is 170 Å². The maximum atomic E-state index is 6.06. The maximum absolute atomic E-state index is 6.06. The Morgan fingerprint density at radius 2 is 1.80 bits per heavy atom. The molecule has 5 heterocycles. The summed E-state index contributed by atoms with van der Waals surface area (Å²) in [5.74, 6) is 2.19. The van der Waals surface area contributed by atoms with Gasteiger partial charge in [-0.15, -0.1) is 0 Å². The van der Waals surface area contributed by atoms with Gasteiger partial charge in [-0.25, -0.2) is 9.97 Å². The molecule has 11 nitrogen and oxygen atoms in total. The minimum Gasteiger partial charge on any atom is -0.398 e. The Hall–Kier alpha value is -4.54. The smallest absolute Gasteiger partial charge is 0.223 e. The van der Waals surface area contributed by atoms with Crippen LogP contribution in [0, 0.1) is 6.92 Å². The highest BCUT2D eigenvalue weighted by Crippen LogP contribution is 2.38. The van der Waals surface area contributed by atoms with Gasteiger partial charge in [-0.3, -0.25) is 19.4 Å². The van der Waals surface area contributed by atoms with Gasteiger partial charge in [-0.1, -0.05) is 0 Å². The van der Waals surface area contributed by atoms with Crippen LogP contribution in [0.4, 0.5) is 29.0 Å². The third kappa shape index (κ3) is 2.94. The van der Waals surface area contributed by atoms with Crippen molar-refractivity contribution in [2.75, 3.05) is 16.4 Å². The summed E-state index contributed by atoms with van der Waals surface area (Å²) in [5.41, 5.74) is 14.6. The third-order valence-electron chi connectivity index (χ3n) is 4.45. The predicted octanol–water partition coefficient (Wildman–Crippen LogP) is 2.25. The van der Waals surface area contributed by atoms with E-state index in [1.54, 1.807) is 37.8 Å². The predicted molar refractivity (Wildman–Crippen MR) is 112 cm³/mol. The molecule has 5 aromatic rings. The lowest BCUT2D eigenvalue weighted by Crippen LogP contribution is -2.13. The second kappa shape index (κ2) is 6.81. The molecule has 0 aliphatic rings. The summed E-state index contributed by atoms with van der Waals surface area (Å²) >= 11 is 0. The van der Waals surface area contributed by atoms with Crippen LogP contribution in [0.3, 0.4) is 0 Å². The van der Waals surface area contributed by atoms with E-state index in [1.165, 1.54) is 0 Å². The molecule has 5 N–H and O–H groups in total. The van der Waals surface area contributed by atoms with E-state index < -0.39 is 0 Å². The van der Waals surface area contributed by atoms with Crippen molar-refractivity contribution in [2.24, 2.45) is 0 Å². The average molecular weight is 399 g/mol. The van der Waals surface area contributed by atoms with Gasteiger partial charge >= 0.3 is 0 Å². The largest absolute Gasteiger partial charge is 0.398 e. The topological polar surface area (TPSA) is 153 Å². The van der Waals surface area contributed by atoms with Crippen LogP contribution in [0.25, 0.3) is 17.2 Å². The first kappa shape index (κ1) is 17.6. The summed E-state index contributed by atoms with van der Waals surface area (Å²) in [6, 6.07) is 9.19. The molecule has 0 atom stereocenters. The zero-order valence-electron chi connectivity index (χ0n) is 15.9. The number of nitrogen functional groups attached to an aromatic ring is 2. The first-order valence-electron chi connectivity index (χ1n) is 9.06. The van der Waals surface area contributed by atoms with Crippen molar-refractivity contribution in [1.29, 1.82) is 0 Å². The molecule has 0 radical (unpaired) electrons. The lowest BCUT2D eigenvalue weighted by molar-refractivity contribution is 0.980. The average Bonchev–Trinajstić information content (AvgIpc) is 3.36. The van der Waals surface area contributed by atoms with Crippen molar-refractivity contribution < 1.29 is 0 Å². The van der Waals surface area contributed by atoms with Gasteiger partial charge in [0.05, 0.1) is 5.69 Å². The molecule has 5 aromatic heterocycles. The lowest BCUT2D eigenvalue weighted by Gasteiger charge is -2.21. The van der Waals surface area contributed by atoms with Crippen molar-refractivity contribution in [1.82, 2.24) is 39.5 Å². The Kier molecular flexibility index (Phi) is 3.98.